The molecular formula is C12H26N2. The summed E-state index contributed by atoms with van der Waals surface area (Å²) in [5.74, 6) is 0.747. The van der Waals surface area contributed by atoms with Gasteiger partial charge in [-0.1, -0.05) is 27.2 Å². The van der Waals surface area contributed by atoms with Crippen molar-refractivity contribution < 1.29 is 0 Å². The first-order chi connectivity index (χ1) is 6.74. The molecule has 1 rings (SSSR count). The molecule has 0 aromatic carbocycles. The minimum atomic E-state index is 0.679. The Labute approximate surface area is 89.1 Å². The van der Waals surface area contributed by atoms with Gasteiger partial charge in [0.05, 0.1) is 0 Å². The Morgan fingerprint density at radius 1 is 1.14 bits per heavy atom. The third kappa shape index (κ3) is 3.97. The Balaban J connectivity index is 2.29. The van der Waals surface area contributed by atoms with E-state index in [4.69, 9.17) is 0 Å². The molecule has 1 fully saturated rings. The van der Waals surface area contributed by atoms with E-state index in [-0.39, 0.29) is 0 Å². The zero-order chi connectivity index (χ0) is 10.4. The van der Waals surface area contributed by atoms with Crippen molar-refractivity contribution in [3.8, 4) is 0 Å². The number of likely N-dealkylation sites (tertiary alicyclic amines) is 1. The van der Waals surface area contributed by atoms with E-state index in [0.717, 1.165) is 12.5 Å². The second-order valence-electron chi connectivity index (χ2n) is 4.77. The molecule has 0 radical (unpaired) electrons. The van der Waals surface area contributed by atoms with Crippen LogP contribution in [0, 0.1) is 5.92 Å². The first kappa shape index (κ1) is 12.0. The lowest BCUT2D eigenvalue weighted by Gasteiger charge is -2.32. The minimum Gasteiger partial charge on any atom is -0.313 e. The van der Waals surface area contributed by atoms with E-state index in [0.29, 0.717) is 6.04 Å². The van der Waals surface area contributed by atoms with Crippen LogP contribution in [0.15, 0.2) is 0 Å². The molecule has 1 atom stereocenters. The maximum absolute atomic E-state index is 3.59. The Morgan fingerprint density at radius 3 is 2.29 bits per heavy atom. The van der Waals surface area contributed by atoms with Crippen LogP contribution in [0.3, 0.4) is 0 Å². The molecule has 0 spiro atoms. The fraction of sp³-hybridized carbons (Fsp3) is 1.00. The summed E-state index contributed by atoms with van der Waals surface area (Å²) in [5.41, 5.74) is 0. The van der Waals surface area contributed by atoms with Crippen molar-refractivity contribution in [2.24, 2.45) is 5.92 Å². The Hall–Kier alpha value is -0.0800. The number of nitrogens with zero attached hydrogens (tertiary/aromatic N) is 1. The molecule has 0 bridgehead atoms. The van der Waals surface area contributed by atoms with Crippen molar-refractivity contribution in [2.45, 2.75) is 46.1 Å². The van der Waals surface area contributed by atoms with Gasteiger partial charge in [0, 0.05) is 12.6 Å². The van der Waals surface area contributed by atoms with Crippen LogP contribution in [0.25, 0.3) is 0 Å². The van der Waals surface area contributed by atoms with Gasteiger partial charge in [0.25, 0.3) is 0 Å². The van der Waals surface area contributed by atoms with Gasteiger partial charge in [-0.3, -0.25) is 0 Å². The van der Waals surface area contributed by atoms with Crippen LogP contribution in [0.5, 0.6) is 0 Å². The SMILES string of the molecule is CCNC(CN1CCCCC1)C(C)C. The molecule has 1 N–H and O–H groups in total. The van der Waals surface area contributed by atoms with Gasteiger partial charge in [0.15, 0.2) is 0 Å². The first-order valence-electron chi connectivity index (χ1n) is 6.19. The van der Waals surface area contributed by atoms with Crippen molar-refractivity contribution in [3.63, 3.8) is 0 Å². The summed E-state index contributed by atoms with van der Waals surface area (Å²) in [6.07, 6.45) is 4.23. The fourth-order valence-electron chi connectivity index (χ4n) is 2.19. The van der Waals surface area contributed by atoms with Gasteiger partial charge in [-0.15, -0.1) is 0 Å². The third-order valence-electron chi connectivity index (χ3n) is 3.17. The third-order valence-corrected chi connectivity index (χ3v) is 3.17. The second kappa shape index (κ2) is 6.41. The smallest absolute Gasteiger partial charge is 0.0217 e. The normalized spacial score (nSPS) is 21.4. The minimum absolute atomic E-state index is 0.679. The number of likely N-dealkylation sites (N-methyl/N-ethyl adjacent to an activating group) is 1. The molecular weight excluding hydrogens is 172 g/mol. The molecule has 0 amide bonds. The summed E-state index contributed by atoms with van der Waals surface area (Å²) in [4.78, 5) is 2.62. The maximum atomic E-state index is 3.59. The predicted octanol–water partition coefficient (Wildman–Crippen LogP) is 2.11. The average Bonchev–Trinajstić information content (AvgIpc) is 2.18. The monoisotopic (exact) mass is 198 g/mol. The van der Waals surface area contributed by atoms with Crippen LogP contribution in [-0.2, 0) is 0 Å². The number of nitrogens with one attached hydrogen (secondary N) is 1. The molecule has 0 aromatic rings. The summed E-state index contributed by atoms with van der Waals surface area (Å²) in [6.45, 7) is 11.8. The largest absolute Gasteiger partial charge is 0.313 e. The van der Waals surface area contributed by atoms with Gasteiger partial charge >= 0.3 is 0 Å². The lowest BCUT2D eigenvalue weighted by molar-refractivity contribution is 0.188. The zero-order valence-electron chi connectivity index (χ0n) is 10.1. The zero-order valence-corrected chi connectivity index (χ0v) is 10.1. The van der Waals surface area contributed by atoms with Crippen LogP contribution in [0.4, 0.5) is 0 Å². The molecule has 14 heavy (non-hydrogen) atoms. The highest BCUT2D eigenvalue weighted by Crippen LogP contribution is 2.11. The van der Waals surface area contributed by atoms with Crippen molar-refractivity contribution in [1.82, 2.24) is 10.2 Å². The number of rotatable bonds is 5. The van der Waals surface area contributed by atoms with Gasteiger partial charge in [0.1, 0.15) is 0 Å². The van der Waals surface area contributed by atoms with E-state index in [2.05, 4.69) is 31.0 Å². The van der Waals surface area contributed by atoms with Crippen LogP contribution < -0.4 is 5.32 Å². The topological polar surface area (TPSA) is 15.3 Å². The van der Waals surface area contributed by atoms with Crippen molar-refractivity contribution in [1.29, 1.82) is 0 Å². The van der Waals surface area contributed by atoms with E-state index in [9.17, 15) is 0 Å². The molecule has 0 aliphatic carbocycles. The van der Waals surface area contributed by atoms with E-state index >= 15 is 0 Å². The maximum Gasteiger partial charge on any atom is 0.0217 e. The van der Waals surface area contributed by atoms with E-state index < -0.39 is 0 Å². The molecule has 2 heteroatoms. The summed E-state index contributed by atoms with van der Waals surface area (Å²) in [5, 5.41) is 3.59. The number of piperidine rings is 1. The van der Waals surface area contributed by atoms with E-state index in [1.54, 1.807) is 0 Å². The lowest BCUT2D eigenvalue weighted by atomic mass is 10.0. The van der Waals surface area contributed by atoms with Crippen molar-refractivity contribution >= 4 is 0 Å². The summed E-state index contributed by atoms with van der Waals surface area (Å²) < 4.78 is 0. The van der Waals surface area contributed by atoms with E-state index in [1.807, 2.05) is 0 Å². The lowest BCUT2D eigenvalue weighted by Crippen LogP contribution is -2.45. The van der Waals surface area contributed by atoms with Crippen LogP contribution in [0.1, 0.15) is 40.0 Å². The second-order valence-corrected chi connectivity index (χ2v) is 4.77. The number of hydrogen-bond acceptors (Lipinski definition) is 2. The van der Waals surface area contributed by atoms with Crippen LogP contribution in [-0.4, -0.2) is 37.1 Å². The van der Waals surface area contributed by atoms with Crippen molar-refractivity contribution in [2.75, 3.05) is 26.2 Å². The standard InChI is InChI=1S/C12H26N2/c1-4-13-12(11(2)3)10-14-8-6-5-7-9-14/h11-13H,4-10H2,1-3H3. The highest BCUT2D eigenvalue weighted by molar-refractivity contribution is 4.76. The molecule has 1 unspecified atom stereocenters. The molecule has 1 heterocycles. The highest BCUT2D eigenvalue weighted by Gasteiger charge is 2.17. The van der Waals surface area contributed by atoms with Gasteiger partial charge in [-0.2, -0.15) is 0 Å². The molecule has 0 aromatic heterocycles. The Bertz CT molecular complexity index is 139. The molecule has 1 aliphatic heterocycles. The Morgan fingerprint density at radius 2 is 1.79 bits per heavy atom. The van der Waals surface area contributed by atoms with Crippen LogP contribution in [0.2, 0.25) is 0 Å². The summed E-state index contributed by atoms with van der Waals surface area (Å²) >= 11 is 0. The quantitative estimate of drug-likeness (QED) is 0.728. The number of hydrogen-bond donors (Lipinski definition) is 1. The van der Waals surface area contributed by atoms with Gasteiger partial charge < -0.3 is 10.2 Å². The molecule has 84 valence electrons. The first-order valence-corrected chi connectivity index (χ1v) is 6.19. The van der Waals surface area contributed by atoms with Crippen molar-refractivity contribution in [3.05, 3.63) is 0 Å². The molecule has 1 aliphatic rings. The van der Waals surface area contributed by atoms with E-state index in [1.165, 1.54) is 38.9 Å². The van der Waals surface area contributed by atoms with Gasteiger partial charge in [-0.25, -0.2) is 0 Å². The fourth-order valence-corrected chi connectivity index (χ4v) is 2.19. The molecule has 0 saturated carbocycles. The van der Waals surface area contributed by atoms with Gasteiger partial charge in [0.2, 0.25) is 0 Å². The molecule has 1 saturated heterocycles. The average molecular weight is 198 g/mol. The van der Waals surface area contributed by atoms with Gasteiger partial charge in [-0.05, 0) is 38.4 Å². The predicted molar refractivity (Wildman–Crippen MR) is 62.6 cm³/mol. The summed E-state index contributed by atoms with van der Waals surface area (Å²) in [7, 11) is 0. The summed E-state index contributed by atoms with van der Waals surface area (Å²) in [6, 6.07) is 0.679. The molecule has 2 nitrogen and oxygen atoms in total. The highest BCUT2D eigenvalue weighted by atomic mass is 15.2. The Kier molecular flexibility index (Phi) is 5.49. The van der Waals surface area contributed by atoms with Crippen LogP contribution >= 0.6 is 0 Å².